The number of rotatable bonds is 4. The van der Waals surface area contributed by atoms with Crippen LogP contribution in [0.2, 0.25) is 0 Å². The van der Waals surface area contributed by atoms with Gasteiger partial charge in [0.25, 0.3) is 5.56 Å². The second-order valence-electron chi connectivity index (χ2n) is 8.24. The Labute approximate surface area is 170 Å². The lowest BCUT2D eigenvalue weighted by Gasteiger charge is -2.43. The lowest BCUT2D eigenvalue weighted by Crippen LogP contribution is -2.49. The number of carbonyl (C=O) groups is 2. The maximum atomic E-state index is 12.8. The third-order valence-electron chi connectivity index (χ3n) is 5.96. The summed E-state index contributed by atoms with van der Waals surface area (Å²) < 4.78 is 1.87. The fourth-order valence-electron chi connectivity index (χ4n) is 4.46. The summed E-state index contributed by atoms with van der Waals surface area (Å²) >= 11 is 0. The summed E-state index contributed by atoms with van der Waals surface area (Å²) in [6.07, 6.45) is 4.93. The number of piperidine rings is 1. The Bertz CT molecular complexity index is 983. The summed E-state index contributed by atoms with van der Waals surface area (Å²) in [5.74, 6) is 0.402. The molecule has 7 heteroatoms. The van der Waals surface area contributed by atoms with Gasteiger partial charge < -0.3 is 14.4 Å². The smallest absolute Gasteiger partial charge is 0.251 e. The first kappa shape index (κ1) is 19.4. The summed E-state index contributed by atoms with van der Waals surface area (Å²) in [4.78, 5) is 44.8. The largest absolute Gasteiger partial charge is 0.349 e. The average molecular weight is 394 g/mol. The Morgan fingerprint density at radius 1 is 1.14 bits per heavy atom. The summed E-state index contributed by atoms with van der Waals surface area (Å²) in [5.41, 5.74) is 2.79. The number of pyridine rings is 2. The van der Waals surface area contributed by atoms with Crippen LogP contribution in [0.5, 0.6) is 0 Å². The van der Waals surface area contributed by atoms with Crippen LogP contribution in [-0.4, -0.2) is 58.4 Å². The second-order valence-corrected chi connectivity index (χ2v) is 8.24. The summed E-state index contributed by atoms with van der Waals surface area (Å²) in [6.45, 7) is 1.89. The van der Waals surface area contributed by atoms with E-state index in [1.165, 1.54) is 4.90 Å². The number of amides is 2. The molecule has 0 aromatic carbocycles. The maximum absolute atomic E-state index is 12.8. The quantitative estimate of drug-likeness (QED) is 0.791. The number of nitrogens with zero attached hydrogens (tertiary/aromatic N) is 4. The van der Waals surface area contributed by atoms with Crippen LogP contribution < -0.4 is 5.56 Å². The van der Waals surface area contributed by atoms with Crippen molar-refractivity contribution in [3.8, 4) is 11.1 Å². The molecule has 1 fully saturated rings. The van der Waals surface area contributed by atoms with E-state index in [1.54, 1.807) is 32.6 Å². The zero-order valence-electron chi connectivity index (χ0n) is 16.9. The first-order valence-corrected chi connectivity index (χ1v) is 10.1. The minimum atomic E-state index is -0.0337. The van der Waals surface area contributed by atoms with Crippen LogP contribution in [0.3, 0.4) is 0 Å². The standard InChI is InChI=1S/C22H26N4O3/c1-24(2)20(27)5-6-21(28)25-12-15-8-18(14-25)19-9-17(10-22(29)26(19)13-15)16-4-3-7-23-11-16/h3-4,7,9-11,15,18H,5-6,8,12-14H2,1-2H3/t15-,18+/m0/s1. The van der Waals surface area contributed by atoms with Crippen molar-refractivity contribution in [3.05, 3.63) is 52.7 Å². The van der Waals surface area contributed by atoms with Crippen LogP contribution in [0.25, 0.3) is 11.1 Å². The lowest BCUT2D eigenvalue weighted by atomic mass is 9.82. The summed E-state index contributed by atoms with van der Waals surface area (Å²) in [7, 11) is 3.40. The molecule has 0 spiro atoms. The van der Waals surface area contributed by atoms with Crippen molar-refractivity contribution in [1.82, 2.24) is 19.4 Å². The Kier molecular flexibility index (Phi) is 5.22. The molecule has 152 valence electrons. The molecule has 0 N–H and O–H groups in total. The first-order valence-electron chi connectivity index (χ1n) is 10.1. The van der Waals surface area contributed by atoms with Gasteiger partial charge in [-0.2, -0.15) is 0 Å². The zero-order chi connectivity index (χ0) is 20.5. The fraction of sp³-hybridized carbons (Fsp3) is 0.455. The lowest BCUT2D eigenvalue weighted by molar-refractivity contribution is -0.137. The molecule has 2 amide bonds. The van der Waals surface area contributed by atoms with E-state index in [4.69, 9.17) is 0 Å². The molecule has 0 saturated carbocycles. The molecule has 2 aromatic heterocycles. The van der Waals surface area contributed by atoms with E-state index in [1.807, 2.05) is 21.6 Å². The van der Waals surface area contributed by atoms with E-state index < -0.39 is 0 Å². The van der Waals surface area contributed by atoms with Crippen molar-refractivity contribution in [2.75, 3.05) is 27.2 Å². The van der Waals surface area contributed by atoms with Crippen molar-refractivity contribution >= 4 is 11.8 Å². The minimum absolute atomic E-state index is 0.00686. The van der Waals surface area contributed by atoms with Crippen LogP contribution >= 0.6 is 0 Å². The molecule has 0 aliphatic carbocycles. The van der Waals surface area contributed by atoms with Gasteiger partial charge in [0.2, 0.25) is 11.8 Å². The molecule has 2 atom stereocenters. The Morgan fingerprint density at radius 3 is 2.69 bits per heavy atom. The highest BCUT2D eigenvalue weighted by atomic mass is 16.2. The number of likely N-dealkylation sites (tertiary alicyclic amines) is 1. The van der Waals surface area contributed by atoms with Crippen LogP contribution in [0, 0.1) is 5.92 Å². The van der Waals surface area contributed by atoms with Crippen molar-refractivity contribution in [3.63, 3.8) is 0 Å². The van der Waals surface area contributed by atoms with E-state index in [9.17, 15) is 14.4 Å². The first-order chi connectivity index (χ1) is 13.9. The Balaban J connectivity index is 1.55. The van der Waals surface area contributed by atoms with Crippen molar-refractivity contribution < 1.29 is 9.59 Å². The minimum Gasteiger partial charge on any atom is -0.349 e. The summed E-state index contributed by atoms with van der Waals surface area (Å²) in [6, 6.07) is 7.56. The predicted octanol–water partition coefficient (Wildman–Crippen LogP) is 1.72. The number of carbonyl (C=O) groups excluding carboxylic acids is 2. The number of hydrogen-bond acceptors (Lipinski definition) is 4. The third kappa shape index (κ3) is 3.95. The molecule has 2 aliphatic rings. The van der Waals surface area contributed by atoms with Crippen LogP contribution in [0.1, 0.15) is 30.9 Å². The molecule has 4 rings (SSSR count). The van der Waals surface area contributed by atoms with Gasteiger partial charge in [0, 0.05) is 82.2 Å². The molecule has 4 heterocycles. The fourth-order valence-corrected chi connectivity index (χ4v) is 4.46. The molecule has 1 saturated heterocycles. The van der Waals surface area contributed by atoms with Gasteiger partial charge in [0.15, 0.2) is 0 Å². The molecule has 2 aliphatic heterocycles. The molecular formula is C22H26N4O3. The van der Waals surface area contributed by atoms with Gasteiger partial charge in [0.1, 0.15) is 0 Å². The molecule has 2 aromatic rings. The number of hydrogen-bond donors (Lipinski definition) is 0. The molecule has 2 bridgehead atoms. The molecule has 7 nitrogen and oxygen atoms in total. The van der Waals surface area contributed by atoms with E-state index in [2.05, 4.69) is 11.1 Å². The average Bonchev–Trinajstić information content (AvgIpc) is 2.72. The Hall–Kier alpha value is -2.96. The van der Waals surface area contributed by atoms with Crippen molar-refractivity contribution in [2.45, 2.75) is 31.7 Å². The molecule has 0 radical (unpaired) electrons. The highest BCUT2D eigenvalue weighted by Crippen LogP contribution is 2.36. The van der Waals surface area contributed by atoms with E-state index >= 15 is 0 Å². The SMILES string of the molecule is CN(C)C(=O)CCC(=O)N1C[C@@H]2C[C@H](C1)c1cc(-c3cccnc3)cc(=O)n1C2. The van der Waals surface area contributed by atoms with Crippen LogP contribution in [0.4, 0.5) is 0 Å². The second kappa shape index (κ2) is 7.81. The van der Waals surface area contributed by atoms with Gasteiger partial charge in [-0.3, -0.25) is 19.4 Å². The Morgan fingerprint density at radius 2 is 1.97 bits per heavy atom. The van der Waals surface area contributed by atoms with E-state index in [0.717, 1.165) is 23.2 Å². The van der Waals surface area contributed by atoms with E-state index in [0.29, 0.717) is 19.6 Å². The highest BCUT2D eigenvalue weighted by Gasteiger charge is 2.36. The molecule has 29 heavy (non-hydrogen) atoms. The van der Waals surface area contributed by atoms with Gasteiger partial charge in [-0.1, -0.05) is 6.07 Å². The van der Waals surface area contributed by atoms with Gasteiger partial charge in [-0.15, -0.1) is 0 Å². The highest BCUT2D eigenvalue weighted by molar-refractivity contribution is 5.83. The van der Waals surface area contributed by atoms with Crippen LogP contribution in [0.15, 0.2) is 41.5 Å². The van der Waals surface area contributed by atoms with Gasteiger partial charge in [-0.05, 0) is 30.0 Å². The predicted molar refractivity (Wildman–Crippen MR) is 109 cm³/mol. The van der Waals surface area contributed by atoms with Gasteiger partial charge in [0.05, 0.1) is 0 Å². The zero-order valence-corrected chi connectivity index (χ0v) is 16.9. The maximum Gasteiger partial charge on any atom is 0.251 e. The number of aromatic nitrogens is 2. The number of fused-ring (bicyclic) bond motifs is 4. The van der Waals surface area contributed by atoms with Crippen molar-refractivity contribution in [1.29, 1.82) is 0 Å². The van der Waals surface area contributed by atoms with Gasteiger partial charge >= 0.3 is 0 Å². The van der Waals surface area contributed by atoms with Crippen molar-refractivity contribution in [2.24, 2.45) is 5.92 Å². The third-order valence-corrected chi connectivity index (χ3v) is 5.96. The topological polar surface area (TPSA) is 75.5 Å². The summed E-state index contributed by atoms with van der Waals surface area (Å²) in [5, 5.41) is 0. The molecular weight excluding hydrogens is 368 g/mol. The van der Waals surface area contributed by atoms with Gasteiger partial charge in [-0.25, -0.2) is 0 Å². The van der Waals surface area contributed by atoms with Crippen LogP contribution in [-0.2, 0) is 16.1 Å². The monoisotopic (exact) mass is 394 g/mol. The van der Waals surface area contributed by atoms with E-state index in [-0.39, 0.29) is 42.1 Å². The molecule has 0 unspecified atom stereocenters. The normalized spacial score (nSPS) is 20.1.